The first-order chi connectivity index (χ1) is 5.77. The zero-order valence-electron chi connectivity index (χ0n) is 8.13. The highest BCUT2D eigenvalue weighted by Crippen LogP contribution is 2.03. The fourth-order valence-corrected chi connectivity index (χ4v) is 0.584. The minimum Gasteiger partial charge on any atom is -0.480 e. The summed E-state index contributed by atoms with van der Waals surface area (Å²) < 4.78 is 0. The third kappa shape index (κ3) is 3.89. The lowest BCUT2D eigenvalue weighted by Crippen LogP contribution is -2.49. The van der Waals surface area contributed by atoms with Gasteiger partial charge in [-0.1, -0.05) is 6.92 Å². The number of hydrogen-bond acceptors (Lipinski definition) is 3. The summed E-state index contributed by atoms with van der Waals surface area (Å²) in [5, 5.41) is 11.5. The first-order valence-electron chi connectivity index (χ1n) is 4.05. The van der Waals surface area contributed by atoms with Crippen molar-refractivity contribution in [1.29, 1.82) is 0 Å². The highest BCUT2D eigenvalue weighted by Gasteiger charge is 2.27. The van der Waals surface area contributed by atoms with Crippen LogP contribution in [0.4, 0.5) is 0 Å². The SMILES string of the molecule is CC(CNC(C)(C)C(=O)O)C(N)=O. The Labute approximate surface area is 77.3 Å². The molecule has 0 bridgehead atoms. The van der Waals surface area contributed by atoms with Crippen molar-refractivity contribution in [3.63, 3.8) is 0 Å². The average Bonchev–Trinajstić information content (AvgIpc) is 1.99. The van der Waals surface area contributed by atoms with Crippen molar-refractivity contribution in [2.24, 2.45) is 11.7 Å². The molecule has 0 aliphatic heterocycles. The molecule has 1 unspecified atom stereocenters. The lowest BCUT2D eigenvalue weighted by Gasteiger charge is -2.22. The van der Waals surface area contributed by atoms with Crippen LogP contribution in [-0.2, 0) is 9.59 Å². The molecule has 0 aliphatic rings. The number of primary amides is 1. The molecule has 1 amide bonds. The van der Waals surface area contributed by atoms with Crippen LogP contribution < -0.4 is 11.1 Å². The largest absolute Gasteiger partial charge is 0.480 e. The summed E-state index contributed by atoms with van der Waals surface area (Å²) in [6, 6.07) is 0. The van der Waals surface area contributed by atoms with Crippen LogP contribution in [0.1, 0.15) is 20.8 Å². The molecule has 0 aromatic carbocycles. The Morgan fingerprint density at radius 3 is 2.31 bits per heavy atom. The van der Waals surface area contributed by atoms with E-state index in [0.717, 1.165) is 0 Å². The van der Waals surface area contributed by atoms with Crippen LogP contribution in [0.2, 0.25) is 0 Å². The zero-order chi connectivity index (χ0) is 10.6. The second-order valence-electron chi connectivity index (χ2n) is 3.61. The monoisotopic (exact) mass is 188 g/mol. The van der Waals surface area contributed by atoms with Crippen LogP contribution in [0, 0.1) is 5.92 Å². The second kappa shape index (κ2) is 4.23. The van der Waals surface area contributed by atoms with E-state index in [-0.39, 0.29) is 12.5 Å². The van der Waals surface area contributed by atoms with Gasteiger partial charge in [-0.25, -0.2) is 0 Å². The fraction of sp³-hybridized carbons (Fsp3) is 0.750. The van der Waals surface area contributed by atoms with E-state index in [1.54, 1.807) is 6.92 Å². The van der Waals surface area contributed by atoms with Crippen LogP contribution in [0.15, 0.2) is 0 Å². The minimum absolute atomic E-state index is 0.272. The van der Waals surface area contributed by atoms with Crippen molar-refractivity contribution >= 4 is 11.9 Å². The van der Waals surface area contributed by atoms with Gasteiger partial charge in [0.25, 0.3) is 0 Å². The number of hydrogen-bond donors (Lipinski definition) is 3. The predicted molar refractivity (Wildman–Crippen MR) is 48.1 cm³/mol. The highest BCUT2D eigenvalue weighted by atomic mass is 16.4. The van der Waals surface area contributed by atoms with Gasteiger partial charge in [-0.05, 0) is 13.8 Å². The fourth-order valence-electron chi connectivity index (χ4n) is 0.584. The van der Waals surface area contributed by atoms with E-state index >= 15 is 0 Å². The van der Waals surface area contributed by atoms with Crippen molar-refractivity contribution < 1.29 is 14.7 Å². The Kier molecular flexibility index (Phi) is 3.87. The smallest absolute Gasteiger partial charge is 0.323 e. The number of carboxylic acids is 1. The molecular weight excluding hydrogens is 172 g/mol. The summed E-state index contributed by atoms with van der Waals surface area (Å²) >= 11 is 0. The Balaban J connectivity index is 4.02. The summed E-state index contributed by atoms with van der Waals surface area (Å²) in [5.41, 5.74) is 3.99. The number of nitrogens with two attached hydrogens (primary N) is 1. The number of aliphatic carboxylic acids is 1. The normalized spacial score (nSPS) is 13.8. The lowest BCUT2D eigenvalue weighted by molar-refractivity contribution is -0.143. The van der Waals surface area contributed by atoms with Gasteiger partial charge < -0.3 is 16.2 Å². The molecule has 0 heterocycles. The molecule has 5 nitrogen and oxygen atoms in total. The van der Waals surface area contributed by atoms with E-state index in [2.05, 4.69) is 5.32 Å². The summed E-state index contributed by atoms with van der Waals surface area (Å²) in [6.07, 6.45) is 0. The number of nitrogens with one attached hydrogen (secondary N) is 1. The van der Waals surface area contributed by atoms with E-state index in [1.165, 1.54) is 13.8 Å². The molecule has 13 heavy (non-hydrogen) atoms. The van der Waals surface area contributed by atoms with Gasteiger partial charge in [0.1, 0.15) is 5.54 Å². The Morgan fingerprint density at radius 1 is 1.54 bits per heavy atom. The lowest BCUT2D eigenvalue weighted by atomic mass is 10.0. The van der Waals surface area contributed by atoms with Gasteiger partial charge in [0.15, 0.2) is 0 Å². The van der Waals surface area contributed by atoms with Crippen LogP contribution in [0.25, 0.3) is 0 Å². The zero-order valence-corrected chi connectivity index (χ0v) is 8.13. The van der Waals surface area contributed by atoms with Gasteiger partial charge in [-0.3, -0.25) is 9.59 Å². The Hall–Kier alpha value is -1.10. The first-order valence-corrected chi connectivity index (χ1v) is 4.05. The molecule has 4 N–H and O–H groups in total. The van der Waals surface area contributed by atoms with Crippen molar-refractivity contribution in [3.05, 3.63) is 0 Å². The van der Waals surface area contributed by atoms with Crippen molar-refractivity contribution in [2.45, 2.75) is 26.3 Å². The molecule has 0 aromatic rings. The van der Waals surface area contributed by atoms with Crippen LogP contribution in [-0.4, -0.2) is 29.1 Å². The summed E-state index contributed by atoms with van der Waals surface area (Å²) in [7, 11) is 0. The Bertz CT molecular complexity index is 213. The van der Waals surface area contributed by atoms with Gasteiger partial charge in [-0.15, -0.1) is 0 Å². The van der Waals surface area contributed by atoms with Crippen LogP contribution in [0.5, 0.6) is 0 Å². The number of carboxylic acid groups (broad SMARTS) is 1. The number of carbonyl (C=O) groups excluding carboxylic acids is 1. The standard InChI is InChI=1S/C8H16N2O3/c1-5(6(9)11)4-10-8(2,3)7(12)13/h5,10H,4H2,1-3H3,(H2,9,11)(H,12,13). The summed E-state index contributed by atoms with van der Waals surface area (Å²) in [4.78, 5) is 21.2. The summed E-state index contributed by atoms with van der Waals surface area (Å²) in [6.45, 7) is 4.98. The number of rotatable bonds is 5. The van der Waals surface area contributed by atoms with Gasteiger partial charge in [-0.2, -0.15) is 0 Å². The maximum atomic E-state index is 10.6. The molecule has 0 radical (unpaired) electrons. The van der Waals surface area contributed by atoms with E-state index < -0.39 is 17.4 Å². The molecule has 0 fully saturated rings. The van der Waals surface area contributed by atoms with E-state index in [4.69, 9.17) is 10.8 Å². The average molecular weight is 188 g/mol. The van der Waals surface area contributed by atoms with Crippen molar-refractivity contribution in [2.75, 3.05) is 6.54 Å². The quantitative estimate of drug-likeness (QED) is 0.545. The molecule has 1 atom stereocenters. The third-order valence-electron chi connectivity index (χ3n) is 1.87. The third-order valence-corrected chi connectivity index (χ3v) is 1.87. The minimum atomic E-state index is -1.02. The van der Waals surface area contributed by atoms with Crippen LogP contribution in [0.3, 0.4) is 0 Å². The highest BCUT2D eigenvalue weighted by molar-refractivity contribution is 5.78. The molecule has 0 aliphatic carbocycles. The summed E-state index contributed by atoms with van der Waals surface area (Å²) in [5.74, 6) is -1.75. The van der Waals surface area contributed by atoms with E-state index in [9.17, 15) is 9.59 Å². The number of carbonyl (C=O) groups is 2. The maximum Gasteiger partial charge on any atom is 0.323 e. The van der Waals surface area contributed by atoms with Gasteiger partial charge in [0, 0.05) is 12.5 Å². The molecule has 0 saturated carbocycles. The molecule has 5 heteroatoms. The molecule has 0 spiro atoms. The van der Waals surface area contributed by atoms with Gasteiger partial charge in [0.2, 0.25) is 5.91 Å². The van der Waals surface area contributed by atoms with E-state index in [1.807, 2.05) is 0 Å². The molecule has 0 aromatic heterocycles. The first kappa shape index (κ1) is 11.9. The van der Waals surface area contributed by atoms with Crippen molar-refractivity contribution in [1.82, 2.24) is 5.32 Å². The van der Waals surface area contributed by atoms with Crippen molar-refractivity contribution in [3.8, 4) is 0 Å². The molecule has 76 valence electrons. The topological polar surface area (TPSA) is 92.4 Å². The van der Waals surface area contributed by atoms with Gasteiger partial charge in [0.05, 0.1) is 0 Å². The van der Waals surface area contributed by atoms with Crippen LogP contribution >= 0.6 is 0 Å². The molecular formula is C8H16N2O3. The second-order valence-corrected chi connectivity index (χ2v) is 3.61. The maximum absolute atomic E-state index is 10.6. The van der Waals surface area contributed by atoms with Gasteiger partial charge >= 0.3 is 5.97 Å². The Morgan fingerprint density at radius 2 is 2.00 bits per heavy atom. The van der Waals surface area contributed by atoms with E-state index in [0.29, 0.717) is 0 Å². The predicted octanol–water partition coefficient (Wildman–Crippen LogP) is -0.439. The number of amides is 1. The molecule has 0 rings (SSSR count). The molecule has 0 saturated heterocycles.